The first kappa shape index (κ1) is 46.0. The fraction of sp³-hybridized carbons (Fsp3) is 0.273. The van der Waals surface area contributed by atoms with Crippen molar-refractivity contribution < 1.29 is 31.9 Å². The number of aliphatic imine (C=N–C) groups is 1. The van der Waals surface area contributed by atoms with Gasteiger partial charge in [-0.2, -0.15) is 4.99 Å². The summed E-state index contributed by atoms with van der Waals surface area (Å²) in [6.45, 7) is 24.1. The summed E-state index contributed by atoms with van der Waals surface area (Å²) in [6, 6.07) is 14.1. The maximum atomic E-state index is 15.1. The molecule has 0 radical (unpaired) electrons. The summed E-state index contributed by atoms with van der Waals surface area (Å²) < 4.78 is 56.7. The Balaban J connectivity index is 0.000000197. The number of amides is 3. The van der Waals surface area contributed by atoms with E-state index in [1.807, 2.05) is 0 Å². The number of anilines is 3. The normalized spacial score (nSPS) is 15.0. The maximum Gasteiger partial charge on any atom is 0.305 e. The van der Waals surface area contributed by atoms with Crippen LogP contribution in [-0.2, 0) is 4.79 Å². The number of isothiocyanates is 1. The molecule has 0 aromatic heterocycles. The number of carbonyl (C=O) groups is 3. The molecule has 2 saturated carbocycles. The van der Waals surface area contributed by atoms with E-state index >= 15 is 4.39 Å². The predicted molar refractivity (Wildman–Crippen MR) is 235 cm³/mol. The van der Waals surface area contributed by atoms with Crippen LogP contribution in [-0.4, -0.2) is 53.3 Å². The van der Waals surface area contributed by atoms with E-state index in [0.717, 1.165) is 36.6 Å². The van der Waals surface area contributed by atoms with Crippen LogP contribution < -0.4 is 25.8 Å². The third-order valence-electron chi connectivity index (χ3n) is 10.8. The fourth-order valence-electron chi connectivity index (χ4n) is 6.98. The molecule has 4 aromatic rings. The van der Waals surface area contributed by atoms with E-state index in [1.54, 1.807) is 11.0 Å². The highest BCUT2D eigenvalue weighted by Gasteiger charge is 2.60. The summed E-state index contributed by atoms with van der Waals surface area (Å²) in [5, 5.41) is 9.90. The minimum atomic E-state index is -1.02. The van der Waals surface area contributed by atoms with E-state index in [0.29, 0.717) is 35.5 Å². The molecule has 2 aliphatic carbocycles. The third-order valence-corrected chi connectivity index (χ3v) is 11.3. The summed E-state index contributed by atoms with van der Waals surface area (Å²) in [6.07, 6.45) is 4.30. The molecular weight excluding hydrogens is 843 g/mol. The monoisotopic (exact) mass is 879 g/mol. The zero-order valence-corrected chi connectivity index (χ0v) is 35.4. The van der Waals surface area contributed by atoms with Crippen LogP contribution in [0.4, 0.5) is 51.7 Å². The van der Waals surface area contributed by atoms with Gasteiger partial charge in [-0.15, -0.1) is 0 Å². The van der Waals surface area contributed by atoms with Crippen LogP contribution in [0.25, 0.3) is 14.5 Å². The van der Waals surface area contributed by atoms with Crippen LogP contribution in [0.15, 0.2) is 65.7 Å². The Labute approximate surface area is 366 Å². The highest BCUT2D eigenvalue weighted by molar-refractivity contribution is 7.81. The smallest absolute Gasteiger partial charge is 0.305 e. The zero-order valence-electron chi connectivity index (χ0n) is 33.8. The summed E-state index contributed by atoms with van der Waals surface area (Å²) in [5.41, 5.74) is 0.103. The number of benzene rings is 4. The summed E-state index contributed by atoms with van der Waals surface area (Å²) in [7, 11) is 2.86. The van der Waals surface area contributed by atoms with Gasteiger partial charge < -0.3 is 20.9 Å². The molecule has 316 valence electrons. The number of carbonyl (C=O) groups excluding carboxylic acids is 3. The molecule has 18 heteroatoms. The molecule has 0 bridgehead atoms. The molecular formula is C44H37F4N9O3S2. The number of nitrogens with one attached hydrogen (secondary N) is 3. The van der Waals surface area contributed by atoms with Gasteiger partial charge in [0.25, 0.3) is 17.7 Å². The Kier molecular flexibility index (Phi) is 14.2. The number of hydrogen-bond acceptors (Lipinski definition) is 7. The SMILES string of the molecule is [C-]#[N+]C1(Nc2ccc(C(=O)NC)c(F)c2)CCC1.[C-]#[N+]c1ccc(N2C(=O)C3(CCC3)N(c3ccc(C(=O)NC)c(F)c3)C2=S)c(F)c1C.[C-]#[N+]c1ccc(N=C=S)c(F)c1C. The first-order valence-electron chi connectivity index (χ1n) is 18.9. The van der Waals surface area contributed by atoms with Gasteiger partial charge in [0, 0.05) is 38.3 Å². The molecule has 0 atom stereocenters. The molecule has 3 N–H and O–H groups in total. The fourth-order valence-corrected chi connectivity index (χ4v) is 7.54. The molecule has 3 aliphatic rings. The Morgan fingerprint density at radius 3 is 1.81 bits per heavy atom. The quantitative estimate of drug-likeness (QED) is 0.0732. The van der Waals surface area contributed by atoms with E-state index in [2.05, 4.69) is 52.9 Å². The van der Waals surface area contributed by atoms with Crippen molar-refractivity contribution in [3.8, 4) is 0 Å². The Bertz CT molecular complexity index is 2680. The van der Waals surface area contributed by atoms with Crippen LogP contribution in [0.1, 0.15) is 70.4 Å². The molecule has 12 nitrogen and oxygen atoms in total. The molecule has 3 fully saturated rings. The lowest BCUT2D eigenvalue weighted by atomic mass is 9.75. The number of thiocarbonyl (C=S) groups is 2. The third kappa shape index (κ3) is 8.74. The van der Waals surface area contributed by atoms with Crippen LogP contribution in [0.2, 0.25) is 0 Å². The second kappa shape index (κ2) is 19.1. The average Bonchev–Trinajstić information content (AvgIpc) is 3.48. The Morgan fingerprint density at radius 1 is 0.790 bits per heavy atom. The van der Waals surface area contributed by atoms with Crippen molar-refractivity contribution in [2.24, 2.45) is 4.99 Å². The van der Waals surface area contributed by atoms with E-state index < -0.39 is 46.3 Å². The summed E-state index contributed by atoms with van der Waals surface area (Å²) in [5.74, 6) is -3.94. The van der Waals surface area contributed by atoms with Gasteiger partial charge in [-0.05, 0) is 124 Å². The number of halogens is 4. The van der Waals surface area contributed by atoms with Gasteiger partial charge in [-0.25, -0.2) is 33.8 Å². The summed E-state index contributed by atoms with van der Waals surface area (Å²) in [4.78, 5) is 52.8. The number of rotatable bonds is 7. The van der Waals surface area contributed by atoms with Crippen LogP contribution in [0.5, 0.6) is 0 Å². The minimum absolute atomic E-state index is 0.00789. The number of nitrogens with zero attached hydrogens (tertiary/aromatic N) is 6. The molecule has 1 aliphatic heterocycles. The van der Waals surface area contributed by atoms with Gasteiger partial charge in [0.05, 0.1) is 35.1 Å². The standard InChI is InChI=1S/C22H18F2N4O2S.C13H14FN3O.C9H5FN2S/c1-12-16(25-2)7-8-17(18(12)24)27-20(30)22(9-4-10-22)28(21(27)31)13-5-6-14(15(23)11-13)19(29)26-3;1-15-12(18)10-5-4-9(8-11(10)14)17-13(16-2)6-3-7-13;1-6-7(11-2)3-4-8(9(6)10)12-5-13/h5-8,11H,4,9-10H2,1,3H3,(H,26,29);4-5,8,17H,3,6-7H2,1H3,(H,15,18);3-4H,1H3. The van der Waals surface area contributed by atoms with Crippen molar-refractivity contribution in [1.82, 2.24) is 10.6 Å². The second-order valence-corrected chi connectivity index (χ2v) is 14.8. The summed E-state index contributed by atoms with van der Waals surface area (Å²) >= 11 is 9.92. The van der Waals surface area contributed by atoms with Crippen LogP contribution >= 0.6 is 24.4 Å². The molecule has 4 aromatic carbocycles. The molecule has 1 spiro atoms. The van der Waals surface area contributed by atoms with Crippen molar-refractivity contribution in [1.29, 1.82) is 0 Å². The van der Waals surface area contributed by atoms with Gasteiger partial charge in [0.2, 0.25) is 0 Å². The van der Waals surface area contributed by atoms with Gasteiger partial charge in [-0.3, -0.25) is 24.1 Å². The first-order chi connectivity index (χ1) is 29.6. The molecule has 3 amide bonds. The van der Waals surface area contributed by atoms with E-state index in [-0.39, 0.29) is 44.8 Å². The topological polar surface area (TPSA) is 119 Å². The lowest BCUT2D eigenvalue weighted by Crippen LogP contribution is -2.55. The number of hydrogen-bond donors (Lipinski definition) is 3. The van der Waals surface area contributed by atoms with Crippen molar-refractivity contribution in [2.45, 2.75) is 63.6 Å². The van der Waals surface area contributed by atoms with E-state index in [9.17, 15) is 27.6 Å². The van der Waals surface area contributed by atoms with Gasteiger partial charge in [-0.1, -0.05) is 12.1 Å². The van der Waals surface area contributed by atoms with Crippen molar-refractivity contribution in [3.05, 3.63) is 140 Å². The highest BCUT2D eigenvalue weighted by Crippen LogP contribution is 2.49. The van der Waals surface area contributed by atoms with Crippen molar-refractivity contribution in [2.75, 3.05) is 29.2 Å². The van der Waals surface area contributed by atoms with Gasteiger partial charge in [0.15, 0.2) is 16.5 Å². The molecule has 62 heavy (non-hydrogen) atoms. The maximum absolute atomic E-state index is 15.1. The Hall–Kier alpha value is -7.03. The van der Waals surface area contributed by atoms with Gasteiger partial charge in [0.1, 0.15) is 34.5 Å². The van der Waals surface area contributed by atoms with Crippen LogP contribution in [0, 0.1) is 56.8 Å². The Morgan fingerprint density at radius 2 is 1.34 bits per heavy atom. The largest absolute Gasteiger partial charge is 0.355 e. The molecule has 1 heterocycles. The zero-order chi connectivity index (χ0) is 45.5. The van der Waals surface area contributed by atoms with Gasteiger partial charge >= 0.3 is 5.66 Å². The first-order valence-corrected chi connectivity index (χ1v) is 19.7. The molecule has 0 unspecified atom stereocenters. The molecule has 7 rings (SSSR count). The lowest BCUT2D eigenvalue weighted by Gasteiger charge is -2.43. The highest BCUT2D eigenvalue weighted by atomic mass is 32.1. The average molecular weight is 880 g/mol. The van der Waals surface area contributed by atoms with E-state index in [1.165, 1.54) is 76.5 Å². The van der Waals surface area contributed by atoms with Crippen LogP contribution in [0.3, 0.4) is 0 Å². The minimum Gasteiger partial charge on any atom is -0.355 e. The molecule has 1 saturated heterocycles. The predicted octanol–water partition coefficient (Wildman–Crippen LogP) is 10.1. The van der Waals surface area contributed by atoms with E-state index in [4.69, 9.17) is 31.9 Å². The second-order valence-electron chi connectivity index (χ2n) is 14.3. The van der Waals surface area contributed by atoms with Crippen molar-refractivity contribution >= 4 is 86.6 Å². The van der Waals surface area contributed by atoms with Crippen molar-refractivity contribution in [3.63, 3.8) is 0 Å². The lowest BCUT2D eigenvalue weighted by molar-refractivity contribution is -0.123.